The molecule has 0 saturated carbocycles. The summed E-state index contributed by atoms with van der Waals surface area (Å²) in [4.78, 5) is 11.1. The van der Waals surface area contributed by atoms with Gasteiger partial charge in [0.2, 0.25) is 0 Å². The molecule has 0 aromatic rings. The number of aliphatic carboxylic acids is 1. The molecule has 0 bridgehead atoms. The second kappa shape index (κ2) is 6.36. The average molecular weight is 243 g/mol. The van der Waals surface area contributed by atoms with Crippen molar-refractivity contribution in [3.63, 3.8) is 0 Å². The van der Waals surface area contributed by atoms with Gasteiger partial charge >= 0.3 is 5.97 Å². The van der Waals surface area contributed by atoms with E-state index in [1.165, 1.54) is 0 Å². The molecule has 0 amide bonds. The Morgan fingerprint density at radius 2 is 2.29 bits per heavy atom. The Balaban J connectivity index is 2.46. The normalized spacial score (nSPS) is 25.5. The largest absolute Gasteiger partial charge is 0.480 e. The molecule has 1 aliphatic heterocycles. The van der Waals surface area contributed by atoms with E-state index in [0.717, 1.165) is 25.7 Å². The van der Waals surface area contributed by atoms with Gasteiger partial charge in [-0.25, -0.2) is 0 Å². The van der Waals surface area contributed by atoms with Crippen molar-refractivity contribution in [1.82, 2.24) is 5.32 Å². The van der Waals surface area contributed by atoms with Crippen LogP contribution in [0.2, 0.25) is 0 Å². The highest BCUT2D eigenvalue weighted by Crippen LogP contribution is 2.24. The standard InChI is InChI=1S/C13H25NO3/c1-4-5-6-11(12(15)16)14-10-7-8-17-13(2,3)9-10/h10-11,14H,4-9H2,1-3H3,(H,15,16). The molecule has 17 heavy (non-hydrogen) atoms. The van der Waals surface area contributed by atoms with E-state index in [-0.39, 0.29) is 11.6 Å². The minimum absolute atomic E-state index is 0.135. The van der Waals surface area contributed by atoms with E-state index in [9.17, 15) is 4.79 Å². The van der Waals surface area contributed by atoms with Crippen molar-refractivity contribution in [2.75, 3.05) is 6.61 Å². The first-order chi connectivity index (χ1) is 7.94. The fraction of sp³-hybridized carbons (Fsp3) is 0.923. The molecule has 1 rings (SSSR count). The van der Waals surface area contributed by atoms with Crippen LogP contribution < -0.4 is 5.32 Å². The molecule has 0 aromatic carbocycles. The minimum Gasteiger partial charge on any atom is -0.480 e. The molecule has 4 heteroatoms. The molecule has 1 saturated heterocycles. The van der Waals surface area contributed by atoms with Crippen LogP contribution in [0.25, 0.3) is 0 Å². The van der Waals surface area contributed by atoms with Gasteiger partial charge in [0.25, 0.3) is 0 Å². The van der Waals surface area contributed by atoms with E-state index in [2.05, 4.69) is 26.1 Å². The zero-order chi connectivity index (χ0) is 12.9. The first-order valence-electron chi connectivity index (χ1n) is 6.57. The number of hydrogen-bond donors (Lipinski definition) is 2. The second-order valence-corrected chi connectivity index (χ2v) is 5.50. The van der Waals surface area contributed by atoms with Gasteiger partial charge in [0, 0.05) is 12.6 Å². The van der Waals surface area contributed by atoms with Crippen LogP contribution in [-0.2, 0) is 9.53 Å². The lowest BCUT2D eigenvalue weighted by atomic mass is 9.93. The summed E-state index contributed by atoms with van der Waals surface area (Å²) in [5, 5.41) is 12.4. The summed E-state index contributed by atoms with van der Waals surface area (Å²) in [5.74, 6) is -0.734. The fourth-order valence-electron chi connectivity index (χ4n) is 2.34. The number of nitrogens with one attached hydrogen (secondary N) is 1. The number of carboxylic acids is 1. The maximum Gasteiger partial charge on any atom is 0.320 e. The molecule has 0 aliphatic carbocycles. The van der Waals surface area contributed by atoms with E-state index in [1.807, 2.05) is 0 Å². The topological polar surface area (TPSA) is 58.6 Å². The molecule has 4 nitrogen and oxygen atoms in total. The molecular formula is C13H25NO3. The Hall–Kier alpha value is -0.610. The Labute approximate surface area is 104 Å². The quantitative estimate of drug-likeness (QED) is 0.750. The molecule has 0 radical (unpaired) electrons. The summed E-state index contributed by atoms with van der Waals surface area (Å²) in [6.45, 7) is 6.91. The summed E-state index contributed by atoms with van der Waals surface area (Å²) < 4.78 is 5.63. The summed E-state index contributed by atoms with van der Waals surface area (Å²) in [7, 11) is 0. The molecule has 2 atom stereocenters. The minimum atomic E-state index is -0.734. The maximum atomic E-state index is 11.1. The first kappa shape index (κ1) is 14.5. The summed E-state index contributed by atoms with van der Waals surface area (Å²) in [6, 6.07) is -0.148. The van der Waals surface area contributed by atoms with Crippen molar-refractivity contribution in [3.8, 4) is 0 Å². The number of ether oxygens (including phenoxy) is 1. The fourth-order valence-corrected chi connectivity index (χ4v) is 2.34. The first-order valence-corrected chi connectivity index (χ1v) is 6.57. The zero-order valence-electron chi connectivity index (χ0n) is 11.2. The lowest BCUT2D eigenvalue weighted by Crippen LogP contribution is -2.49. The van der Waals surface area contributed by atoms with Crippen LogP contribution in [0.3, 0.4) is 0 Å². The number of hydrogen-bond acceptors (Lipinski definition) is 3. The van der Waals surface area contributed by atoms with Crippen molar-refractivity contribution in [1.29, 1.82) is 0 Å². The lowest BCUT2D eigenvalue weighted by molar-refractivity contribution is -0.140. The third-order valence-corrected chi connectivity index (χ3v) is 3.28. The molecule has 2 unspecified atom stereocenters. The smallest absolute Gasteiger partial charge is 0.320 e. The third kappa shape index (κ3) is 5.04. The van der Waals surface area contributed by atoms with Crippen LogP contribution in [0, 0.1) is 0 Å². The Morgan fingerprint density at radius 1 is 1.59 bits per heavy atom. The van der Waals surface area contributed by atoms with Crippen molar-refractivity contribution in [3.05, 3.63) is 0 Å². The van der Waals surface area contributed by atoms with Gasteiger partial charge in [0.05, 0.1) is 5.60 Å². The van der Waals surface area contributed by atoms with Crippen molar-refractivity contribution >= 4 is 5.97 Å². The van der Waals surface area contributed by atoms with Crippen LogP contribution >= 0.6 is 0 Å². The highest BCUT2D eigenvalue weighted by Gasteiger charge is 2.31. The van der Waals surface area contributed by atoms with Gasteiger partial charge in [-0.3, -0.25) is 4.79 Å². The SMILES string of the molecule is CCCCC(NC1CCOC(C)(C)C1)C(=O)O. The number of carboxylic acid groups (broad SMARTS) is 1. The van der Waals surface area contributed by atoms with Gasteiger partial charge < -0.3 is 15.2 Å². The summed E-state index contributed by atoms with van der Waals surface area (Å²) in [6.07, 6.45) is 4.48. The van der Waals surface area contributed by atoms with Gasteiger partial charge in [-0.2, -0.15) is 0 Å². The highest BCUT2D eigenvalue weighted by atomic mass is 16.5. The average Bonchev–Trinajstić information content (AvgIpc) is 2.22. The van der Waals surface area contributed by atoms with Crippen LogP contribution in [0.4, 0.5) is 0 Å². The Bertz CT molecular complexity index is 253. The van der Waals surface area contributed by atoms with Crippen LogP contribution in [0.1, 0.15) is 52.9 Å². The zero-order valence-corrected chi connectivity index (χ0v) is 11.2. The van der Waals surface area contributed by atoms with Gasteiger partial charge in [-0.05, 0) is 33.1 Å². The summed E-state index contributed by atoms with van der Waals surface area (Å²) in [5.41, 5.74) is -0.135. The highest BCUT2D eigenvalue weighted by molar-refractivity contribution is 5.73. The number of carbonyl (C=O) groups is 1. The molecule has 2 N–H and O–H groups in total. The number of unbranched alkanes of at least 4 members (excludes halogenated alkanes) is 1. The predicted octanol–water partition coefficient (Wildman–Crippen LogP) is 2.18. The van der Waals surface area contributed by atoms with Crippen LogP contribution in [-0.4, -0.2) is 35.4 Å². The molecule has 0 spiro atoms. The van der Waals surface area contributed by atoms with E-state index >= 15 is 0 Å². The van der Waals surface area contributed by atoms with E-state index in [1.54, 1.807) is 0 Å². The van der Waals surface area contributed by atoms with Gasteiger partial charge in [0.15, 0.2) is 0 Å². The summed E-state index contributed by atoms with van der Waals surface area (Å²) >= 11 is 0. The van der Waals surface area contributed by atoms with E-state index in [4.69, 9.17) is 9.84 Å². The molecule has 0 aromatic heterocycles. The number of rotatable bonds is 6. The lowest BCUT2D eigenvalue weighted by Gasteiger charge is -2.37. The second-order valence-electron chi connectivity index (χ2n) is 5.50. The van der Waals surface area contributed by atoms with Crippen LogP contribution in [0.15, 0.2) is 0 Å². The van der Waals surface area contributed by atoms with Gasteiger partial charge in [-0.1, -0.05) is 19.8 Å². The monoisotopic (exact) mass is 243 g/mol. The molecule has 1 fully saturated rings. The van der Waals surface area contributed by atoms with Gasteiger partial charge in [0.1, 0.15) is 6.04 Å². The van der Waals surface area contributed by atoms with E-state index < -0.39 is 12.0 Å². The molecule has 100 valence electrons. The molecular weight excluding hydrogens is 218 g/mol. The van der Waals surface area contributed by atoms with Crippen LogP contribution in [0.5, 0.6) is 0 Å². The van der Waals surface area contributed by atoms with Crippen molar-refractivity contribution in [2.45, 2.75) is 70.6 Å². The molecule has 1 aliphatic rings. The Kier molecular flexibility index (Phi) is 5.40. The third-order valence-electron chi connectivity index (χ3n) is 3.28. The maximum absolute atomic E-state index is 11.1. The van der Waals surface area contributed by atoms with E-state index in [0.29, 0.717) is 13.0 Å². The van der Waals surface area contributed by atoms with Gasteiger partial charge in [-0.15, -0.1) is 0 Å². The van der Waals surface area contributed by atoms with Crippen molar-refractivity contribution < 1.29 is 14.6 Å². The predicted molar refractivity (Wildman–Crippen MR) is 67.1 cm³/mol. The molecule has 1 heterocycles. The van der Waals surface area contributed by atoms with Crippen molar-refractivity contribution in [2.24, 2.45) is 0 Å². The Morgan fingerprint density at radius 3 is 2.82 bits per heavy atom.